The first-order valence-corrected chi connectivity index (χ1v) is 10.6. The smallest absolute Gasteiger partial charge is 0.415 e. The van der Waals surface area contributed by atoms with Crippen molar-refractivity contribution in [3.63, 3.8) is 0 Å². The van der Waals surface area contributed by atoms with E-state index in [2.05, 4.69) is 12.2 Å². The van der Waals surface area contributed by atoms with Crippen molar-refractivity contribution in [2.45, 2.75) is 32.3 Å². The van der Waals surface area contributed by atoms with Crippen LogP contribution in [0.15, 0.2) is 66.7 Å². The molecule has 3 aromatic carbocycles. The van der Waals surface area contributed by atoms with E-state index in [-0.39, 0.29) is 0 Å². The monoisotopic (exact) mass is 451 g/mol. The van der Waals surface area contributed by atoms with Gasteiger partial charge in [0.25, 0.3) is 5.91 Å². The third-order valence-electron chi connectivity index (χ3n) is 5.16. The summed E-state index contributed by atoms with van der Waals surface area (Å²) in [6.07, 6.45) is 0.963. The van der Waals surface area contributed by atoms with E-state index in [1.165, 1.54) is 0 Å². The summed E-state index contributed by atoms with van der Waals surface area (Å²) < 4.78 is 17.3. The number of ether oxygens (including phenoxy) is 3. The Kier molecular flexibility index (Phi) is 6.06. The molecule has 32 heavy (non-hydrogen) atoms. The Labute approximate surface area is 191 Å². The van der Waals surface area contributed by atoms with Crippen LogP contribution in [-0.4, -0.2) is 12.0 Å². The summed E-state index contributed by atoms with van der Waals surface area (Å²) in [5, 5.41) is 2.81. The fourth-order valence-electron chi connectivity index (χ4n) is 3.46. The molecule has 0 spiro atoms. The van der Waals surface area contributed by atoms with Crippen LogP contribution in [0.5, 0.6) is 23.0 Å². The van der Waals surface area contributed by atoms with Gasteiger partial charge in [-0.2, -0.15) is 0 Å². The SMILES string of the molecule is CCCc1cc(Oc2ccc(Cl)cc2)ccc1Oc1cccc([C@@]2(C)OC(=O)NC2=O)c1. The fourth-order valence-corrected chi connectivity index (χ4v) is 3.59. The van der Waals surface area contributed by atoms with Crippen molar-refractivity contribution in [1.82, 2.24) is 5.32 Å². The van der Waals surface area contributed by atoms with Crippen molar-refractivity contribution in [2.75, 3.05) is 0 Å². The highest BCUT2D eigenvalue weighted by molar-refractivity contribution is 6.30. The molecule has 3 aromatic rings. The lowest BCUT2D eigenvalue weighted by molar-refractivity contribution is -0.130. The number of amides is 2. The lowest BCUT2D eigenvalue weighted by Crippen LogP contribution is -2.33. The van der Waals surface area contributed by atoms with E-state index < -0.39 is 17.6 Å². The first kappa shape index (κ1) is 21.7. The average molecular weight is 452 g/mol. The molecule has 1 aliphatic rings. The second-order valence-electron chi connectivity index (χ2n) is 7.58. The number of hydrogen-bond donors (Lipinski definition) is 1. The van der Waals surface area contributed by atoms with Gasteiger partial charge in [0.1, 0.15) is 23.0 Å². The van der Waals surface area contributed by atoms with Crippen LogP contribution in [0.3, 0.4) is 0 Å². The molecule has 4 rings (SSSR count). The van der Waals surface area contributed by atoms with E-state index >= 15 is 0 Å². The van der Waals surface area contributed by atoms with Gasteiger partial charge in [0.2, 0.25) is 5.60 Å². The third kappa shape index (κ3) is 4.55. The van der Waals surface area contributed by atoms with E-state index in [1.54, 1.807) is 43.3 Å². The van der Waals surface area contributed by atoms with Gasteiger partial charge in [-0.3, -0.25) is 10.1 Å². The summed E-state index contributed by atoms with van der Waals surface area (Å²) in [7, 11) is 0. The Hall–Kier alpha value is -3.51. The molecule has 1 N–H and O–H groups in total. The molecule has 0 bridgehead atoms. The first-order chi connectivity index (χ1) is 15.4. The Morgan fingerprint density at radius 3 is 2.34 bits per heavy atom. The second kappa shape index (κ2) is 8.93. The van der Waals surface area contributed by atoms with Gasteiger partial charge in [-0.15, -0.1) is 0 Å². The van der Waals surface area contributed by atoms with Crippen LogP contribution in [0.1, 0.15) is 31.4 Å². The number of rotatable bonds is 7. The number of imide groups is 1. The highest BCUT2D eigenvalue weighted by Gasteiger charge is 2.46. The second-order valence-corrected chi connectivity index (χ2v) is 8.02. The number of nitrogens with one attached hydrogen (secondary N) is 1. The summed E-state index contributed by atoms with van der Waals surface area (Å²) >= 11 is 5.94. The molecular weight excluding hydrogens is 430 g/mol. The molecule has 0 aromatic heterocycles. The van der Waals surface area contributed by atoms with E-state index in [9.17, 15) is 9.59 Å². The predicted molar refractivity (Wildman–Crippen MR) is 120 cm³/mol. The Balaban J connectivity index is 1.58. The molecule has 0 unspecified atom stereocenters. The maximum atomic E-state index is 12.2. The molecule has 0 radical (unpaired) electrons. The van der Waals surface area contributed by atoms with Crippen molar-refractivity contribution in [3.05, 3.63) is 82.9 Å². The van der Waals surface area contributed by atoms with E-state index in [1.807, 2.05) is 30.3 Å². The molecule has 2 amide bonds. The predicted octanol–water partition coefficient (Wildman–Crippen LogP) is 6.36. The zero-order valence-corrected chi connectivity index (χ0v) is 18.4. The van der Waals surface area contributed by atoms with Crippen LogP contribution in [0.4, 0.5) is 4.79 Å². The summed E-state index contributed by atoms with van der Waals surface area (Å²) in [6, 6.07) is 19.8. The molecule has 1 saturated heterocycles. The highest BCUT2D eigenvalue weighted by atomic mass is 35.5. The molecule has 0 saturated carbocycles. The quantitative estimate of drug-likeness (QED) is 0.452. The Bertz CT molecular complexity index is 1160. The molecule has 1 heterocycles. The molecule has 164 valence electrons. The van der Waals surface area contributed by atoms with E-state index in [4.69, 9.17) is 25.8 Å². The molecule has 1 fully saturated rings. The summed E-state index contributed by atoms with van der Waals surface area (Å²) in [6.45, 7) is 3.64. The lowest BCUT2D eigenvalue weighted by Gasteiger charge is -2.20. The van der Waals surface area contributed by atoms with Gasteiger partial charge in [0.05, 0.1) is 0 Å². The van der Waals surface area contributed by atoms with Gasteiger partial charge >= 0.3 is 6.09 Å². The van der Waals surface area contributed by atoms with E-state index in [0.717, 1.165) is 18.4 Å². The van der Waals surface area contributed by atoms with Crippen molar-refractivity contribution in [3.8, 4) is 23.0 Å². The van der Waals surface area contributed by atoms with Gasteiger partial charge in [-0.05, 0) is 73.5 Å². The minimum atomic E-state index is -1.39. The fraction of sp³-hybridized carbons (Fsp3) is 0.200. The molecule has 0 aliphatic carbocycles. The molecule has 1 aliphatic heterocycles. The topological polar surface area (TPSA) is 73.9 Å². The molecule has 7 heteroatoms. The highest BCUT2D eigenvalue weighted by Crippen LogP contribution is 2.35. The Morgan fingerprint density at radius 1 is 0.938 bits per heavy atom. The maximum absolute atomic E-state index is 12.2. The molecule has 1 atom stereocenters. The first-order valence-electron chi connectivity index (χ1n) is 10.3. The minimum absolute atomic E-state index is 0.505. The normalized spacial score (nSPS) is 17.6. The van der Waals surface area contributed by atoms with Crippen LogP contribution in [0.2, 0.25) is 5.02 Å². The number of aryl methyl sites for hydroxylation is 1. The van der Waals surface area contributed by atoms with Crippen LogP contribution < -0.4 is 14.8 Å². The third-order valence-corrected chi connectivity index (χ3v) is 5.41. The zero-order valence-electron chi connectivity index (χ0n) is 17.7. The van der Waals surface area contributed by atoms with Crippen molar-refractivity contribution >= 4 is 23.6 Å². The zero-order chi connectivity index (χ0) is 22.7. The van der Waals surface area contributed by atoms with Gasteiger partial charge in [0.15, 0.2) is 0 Å². The summed E-state index contributed by atoms with van der Waals surface area (Å²) in [5.41, 5.74) is 0.123. The van der Waals surface area contributed by atoms with E-state index in [0.29, 0.717) is 33.6 Å². The number of carbonyl (C=O) groups is 2. The van der Waals surface area contributed by atoms with Crippen molar-refractivity contribution in [2.24, 2.45) is 0 Å². The number of cyclic esters (lactones) is 1. The molecule has 6 nitrogen and oxygen atoms in total. The number of benzene rings is 3. The minimum Gasteiger partial charge on any atom is -0.457 e. The van der Waals surface area contributed by atoms with Gasteiger partial charge < -0.3 is 14.2 Å². The average Bonchev–Trinajstić information content (AvgIpc) is 3.04. The van der Waals surface area contributed by atoms with Crippen LogP contribution >= 0.6 is 11.6 Å². The number of hydrogen-bond acceptors (Lipinski definition) is 5. The lowest BCUT2D eigenvalue weighted by atomic mass is 9.95. The van der Waals surface area contributed by atoms with Crippen molar-refractivity contribution < 1.29 is 23.8 Å². The standard InChI is InChI=1S/C25H22ClNO5/c1-3-5-16-14-21(30-19-10-8-18(26)9-11-19)12-13-22(16)31-20-7-4-6-17(15-20)25(2)23(28)27-24(29)32-25/h4,6-15H,3,5H2,1-2H3,(H,27,28,29)/t25-/m1/s1. The van der Waals surface area contributed by atoms with Crippen LogP contribution in [0, 0.1) is 0 Å². The van der Waals surface area contributed by atoms with Gasteiger partial charge in [0, 0.05) is 10.6 Å². The number of carbonyl (C=O) groups excluding carboxylic acids is 2. The largest absolute Gasteiger partial charge is 0.457 e. The van der Waals surface area contributed by atoms with Gasteiger partial charge in [-0.25, -0.2) is 4.79 Å². The van der Waals surface area contributed by atoms with Crippen molar-refractivity contribution in [1.29, 1.82) is 0 Å². The number of halogens is 1. The van der Waals surface area contributed by atoms with Gasteiger partial charge in [-0.1, -0.05) is 37.1 Å². The summed E-state index contributed by atoms with van der Waals surface area (Å²) in [4.78, 5) is 23.7. The Morgan fingerprint density at radius 2 is 1.66 bits per heavy atom. The summed E-state index contributed by atoms with van der Waals surface area (Å²) in [5.74, 6) is 2.10. The number of alkyl carbamates (subject to hydrolysis) is 1. The maximum Gasteiger partial charge on any atom is 0.415 e. The van der Waals surface area contributed by atoms with Crippen LogP contribution in [0.25, 0.3) is 0 Å². The molecular formula is C25H22ClNO5. The van der Waals surface area contributed by atoms with Crippen LogP contribution in [-0.2, 0) is 21.6 Å².